The van der Waals surface area contributed by atoms with Crippen molar-refractivity contribution in [1.29, 1.82) is 0 Å². The molecule has 0 aliphatic rings. The Morgan fingerprint density at radius 3 is 2.44 bits per heavy atom. The summed E-state index contributed by atoms with van der Waals surface area (Å²) in [7, 11) is -3.45. The molecule has 5 nitrogen and oxygen atoms in total. The van der Waals surface area contributed by atoms with E-state index < -0.39 is 10.0 Å². The molecule has 102 valence electrons. The van der Waals surface area contributed by atoms with Gasteiger partial charge in [0.15, 0.2) is 0 Å². The van der Waals surface area contributed by atoms with Gasteiger partial charge in [-0.3, -0.25) is 0 Å². The van der Waals surface area contributed by atoms with Crippen LogP contribution in [0.3, 0.4) is 0 Å². The smallest absolute Gasteiger partial charge is 0.240 e. The Labute approximate surface area is 108 Å². The zero-order chi connectivity index (χ0) is 13.6. The molecule has 0 saturated carbocycles. The van der Waals surface area contributed by atoms with Gasteiger partial charge in [0.05, 0.1) is 11.5 Å². The summed E-state index contributed by atoms with van der Waals surface area (Å²) in [5.74, 6) is 0. The number of ether oxygens (including phenoxy) is 1. The molecule has 0 aromatic heterocycles. The first-order chi connectivity index (χ1) is 8.47. The molecule has 1 unspecified atom stereocenters. The maximum absolute atomic E-state index is 11.9. The minimum Gasteiger partial charge on any atom is -0.380 e. The molecule has 0 saturated heterocycles. The molecule has 0 fully saturated rings. The van der Waals surface area contributed by atoms with Gasteiger partial charge in [0.1, 0.15) is 0 Å². The summed E-state index contributed by atoms with van der Waals surface area (Å²) in [4.78, 5) is 0.239. The highest BCUT2D eigenvalue weighted by Crippen LogP contribution is 2.14. The lowest BCUT2D eigenvalue weighted by Gasteiger charge is -2.09. The van der Waals surface area contributed by atoms with Crippen molar-refractivity contribution in [2.24, 2.45) is 5.73 Å². The Kier molecular flexibility index (Phi) is 5.74. The van der Waals surface area contributed by atoms with Gasteiger partial charge in [-0.2, -0.15) is 0 Å². The lowest BCUT2D eigenvalue weighted by molar-refractivity contribution is 0.153. The topological polar surface area (TPSA) is 81.4 Å². The predicted molar refractivity (Wildman–Crippen MR) is 70.7 cm³/mol. The van der Waals surface area contributed by atoms with Crippen molar-refractivity contribution in [3.05, 3.63) is 29.8 Å². The fraction of sp³-hybridized carbons (Fsp3) is 0.500. The summed E-state index contributed by atoms with van der Waals surface area (Å²) in [5, 5.41) is 0. The molecule has 1 rings (SSSR count). The van der Waals surface area contributed by atoms with E-state index in [4.69, 9.17) is 10.5 Å². The van der Waals surface area contributed by atoms with Crippen LogP contribution in [0.4, 0.5) is 0 Å². The third-order valence-electron chi connectivity index (χ3n) is 2.46. The minimum absolute atomic E-state index is 0.104. The molecule has 3 N–H and O–H groups in total. The van der Waals surface area contributed by atoms with Crippen LogP contribution in [0.15, 0.2) is 29.2 Å². The maximum atomic E-state index is 11.9. The lowest BCUT2D eigenvalue weighted by atomic mass is 10.1. The van der Waals surface area contributed by atoms with Crippen LogP contribution >= 0.6 is 0 Å². The number of hydrogen-bond acceptors (Lipinski definition) is 4. The highest BCUT2D eigenvalue weighted by Gasteiger charge is 2.13. The van der Waals surface area contributed by atoms with Crippen LogP contribution in [0, 0.1) is 0 Å². The first-order valence-corrected chi connectivity index (χ1v) is 7.38. The van der Waals surface area contributed by atoms with Crippen molar-refractivity contribution in [3.63, 3.8) is 0 Å². The van der Waals surface area contributed by atoms with Crippen molar-refractivity contribution in [3.8, 4) is 0 Å². The molecular weight excluding hydrogens is 252 g/mol. The van der Waals surface area contributed by atoms with E-state index >= 15 is 0 Å². The molecule has 0 bridgehead atoms. The van der Waals surface area contributed by atoms with E-state index in [1.807, 2.05) is 13.8 Å². The average molecular weight is 272 g/mol. The zero-order valence-electron chi connectivity index (χ0n) is 10.7. The summed E-state index contributed by atoms with van der Waals surface area (Å²) in [6.07, 6.45) is 0. The van der Waals surface area contributed by atoms with E-state index in [0.29, 0.717) is 13.2 Å². The molecule has 1 aromatic carbocycles. The van der Waals surface area contributed by atoms with Gasteiger partial charge in [-0.1, -0.05) is 12.1 Å². The summed E-state index contributed by atoms with van der Waals surface area (Å²) < 4.78 is 31.3. The summed E-state index contributed by atoms with van der Waals surface area (Å²) in [5.41, 5.74) is 6.61. The highest BCUT2D eigenvalue weighted by atomic mass is 32.2. The van der Waals surface area contributed by atoms with E-state index in [1.54, 1.807) is 24.3 Å². The molecule has 1 aromatic rings. The van der Waals surface area contributed by atoms with Crippen LogP contribution in [0.1, 0.15) is 25.5 Å². The van der Waals surface area contributed by atoms with Gasteiger partial charge in [0.2, 0.25) is 10.0 Å². The monoisotopic (exact) mass is 272 g/mol. The van der Waals surface area contributed by atoms with Gasteiger partial charge in [0, 0.05) is 19.2 Å². The molecule has 0 aliphatic heterocycles. The van der Waals surface area contributed by atoms with Crippen molar-refractivity contribution in [2.45, 2.75) is 24.8 Å². The van der Waals surface area contributed by atoms with Crippen LogP contribution in [-0.2, 0) is 14.8 Å². The van der Waals surface area contributed by atoms with Crippen LogP contribution in [0.25, 0.3) is 0 Å². The number of rotatable bonds is 7. The van der Waals surface area contributed by atoms with Gasteiger partial charge >= 0.3 is 0 Å². The van der Waals surface area contributed by atoms with Crippen molar-refractivity contribution < 1.29 is 13.2 Å². The second kappa shape index (κ2) is 6.84. The Morgan fingerprint density at radius 2 is 1.94 bits per heavy atom. The molecular formula is C12H20N2O3S. The third-order valence-corrected chi connectivity index (χ3v) is 3.94. The predicted octanol–water partition coefficient (Wildman–Crippen LogP) is 1.02. The Hall–Kier alpha value is -0.950. The number of nitrogens with two attached hydrogens (primary N) is 1. The normalized spacial score (nSPS) is 13.5. The Morgan fingerprint density at radius 1 is 1.33 bits per heavy atom. The average Bonchev–Trinajstić information content (AvgIpc) is 2.35. The molecule has 0 aliphatic carbocycles. The lowest BCUT2D eigenvalue weighted by Crippen LogP contribution is -2.27. The third kappa shape index (κ3) is 4.38. The van der Waals surface area contributed by atoms with E-state index in [-0.39, 0.29) is 17.5 Å². The SMILES string of the molecule is CCOCCNS(=O)(=O)c1ccc(C(C)N)cc1. The molecule has 1 atom stereocenters. The van der Waals surface area contributed by atoms with Gasteiger partial charge in [-0.05, 0) is 31.5 Å². The van der Waals surface area contributed by atoms with Gasteiger partial charge in [0.25, 0.3) is 0 Å². The highest BCUT2D eigenvalue weighted by molar-refractivity contribution is 7.89. The molecule has 18 heavy (non-hydrogen) atoms. The molecule has 0 radical (unpaired) electrons. The fourth-order valence-corrected chi connectivity index (χ4v) is 2.44. The second-order valence-corrected chi connectivity index (χ2v) is 5.72. The zero-order valence-corrected chi connectivity index (χ0v) is 11.5. The number of benzene rings is 1. The Balaban J connectivity index is 2.67. The summed E-state index contributed by atoms with van der Waals surface area (Å²) in [6, 6.07) is 6.46. The second-order valence-electron chi connectivity index (χ2n) is 3.95. The van der Waals surface area contributed by atoms with Gasteiger partial charge in [-0.25, -0.2) is 13.1 Å². The van der Waals surface area contributed by atoms with Gasteiger partial charge in [-0.15, -0.1) is 0 Å². The van der Waals surface area contributed by atoms with Crippen LogP contribution in [0.2, 0.25) is 0 Å². The Bertz CT molecular complexity index is 455. The largest absolute Gasteiger partial charge is 0.380 e. The molecule has 0 spiro atoms. The molecule has 6 heteroatoms. The first-order valence-electron chi connectivity index (χ1n) is 5.90. The summed E-state index contributed by atoms with van der Waals surface area (Å²) >= 11 is 0. The van der Waals surface area contributed by atoms with E-state index in [0.717, 1.165) is 5.56 Å². The quantitative estimate of drug-likeness (QED) is 0.726. The summed E-state index contributed by atoms with van der Waals surface area (Å²) in [6.45, 7) is 4.93. The van der Waals surface area contributed by atoms with Crippen molar-refractivity contribution in [2.75, 3.05) is 19.8 Å². The van der Waals surface area contributed by atoms with Crippen LogP contribution in [-0.4, -0.2) is 28.2 Å². The number of nitrogens with one attached hydrogen (secondary N) is 1. The van der Waals surface area contributed by atoms with Gasteiger partial charge < -0.3 is 10.5 Å². The van der Waals surface area contributed by atoms with Crippen LogP contribution < -0.4 is 10.5 Å². The van der Waals surface area contributed by atoms with Crippen LogP contribution in [0.5, 0.6) is 0 Å². The van der Waals surface area contributed by atoms with E-state index in [1.165, 1.54) is 0 Å². The number of hydrogen-bond donors (Lipinski definition) is 2. The standard InChI is InChI=1S/C12H20N2O3S/c1-3-17-9-8-14-18(15,16)12-6-4-11(5-7-12)10(2)13/h4-7,10,14H,3,8-9,13H2,1-2H3. The van der Waals surface area contributed by atoms with Crippen molar-refractivity contribution in [1.82, 2.24) is 4.72 Å². The molecule has 0 heterocycles. The first kappa shape index (κ1) is 15.1. The van der Waals surface area contributed by atoms with E-state index in [2.05, 4.69) is 4.72 Å². The van der Waals surface area contributed by atoms with Crippen molar-refractivity contribution >= 4 is 10.0 Å². The number of sulfonamides is 1. The maximum Gasteiger partial charge on any atom is 0.240 e. The van der Waals surface area contributed by atoms with E-state index in [9.17, 15) is 8.42 Å². The minimum atomic E-state index is -3.45. The molecule has 0 amide bonds. The fourth-order valence-electron chi connectivity index (χ4n) is 1.43.